The second-order valence-corrected chi connectivity index (χ2v) is 7.85. The summed E-state index contributed by atoms with van der Waals surface area (Å²) >= 11 is 0. The van der Waals surface area contributed by atoms with Gasteiger partial charge in [0, 0.05) is 18.2 Å². The van der Waals surface area contributed by atoms with Crippen molar-refractivity contribution in [2.75, 3.05) is 13.7 Å². The number of benzene rings is 1. The average Bonchev–Trinajstić information content (AvgIpc) is 2.81. The molecule has 1 aromatic carbocycles. The maximum absolute atomic E-state index is 12.7. The number of aryl methyl sites for hydroxylation is 1. The number of pyridine rings is 1. The van der Waals surface area contributed by atoms with E-state index in [0.717, 1.165) is 24.4 Å². The van der Waals surface area contributed by atoms with Gasteiger partial charge in [0.2, 0.25) is 5.69 Å². The van der Waals surface area contributed by atoms with E-state index in [4.69, 9.17) is 9.47 Å². The first-order valence-corrected chi connectivity index (χ1v) is 11.8. The zero-order valence-corrected chi connectivity index (χ0v) is 22.0. The van der Waals surface area contributed by atoms with Crippen LogP contribution in [0.15, 0.2) is 42.6 Å². The van der Waals surface area contributed by atoms with Gasteiger partial charge in [0.1, 0.15) is 24.6 Å². The number of hydrogen-bond acceptors (Lipinski definition) is 3. The number of carbonyl (C=O) groups is 1. The number of methoxy groups -OCH3 is 1. The molecular weight excluding hydrogens is 515 g/mol. The number of rotatable bonds is 15. The molecule has 0 unspecified atom stereocenters. The lowest BCUT2D eigenvalue weighted by Gasteiger charge is -2.12. The van der Waals surface area contributed by atoms with E-state index in [1.807, 2.05) is 30.5 Å². The topological polar surface area (TPSA) is 51.4 Å². The van der Waals surface area contributed by atoms with E-state index < -0.39 is 0 Å². The normalized spacial score (nSPS) is 10.3. The van der Waals surface area contributed by atoms with Crippen LogP contribution in [0.5, 0.6) is 11.5 Å². The number of carbonyl (C=O) groups excluding carboxylic acids is 1. The Labute approximate surface area is 210 Å². The minimum atomic E-state index is -0.155. The third-order valence-corrected chi connectivity index (χ3v) is 5.49. The van der Waals surface area contributed by atoms with Crippen molar-refractivity contribution >= 4 is 5.91 Å². The Bertz CT molecular complexity index is 798. The lowest BCUT2D eigenvalue weighted by Crippen LogP contribution is -3.00. The molecule has 178 valence electrons. The van der Waals surface area contributed by atoms with Gasteiger partial charge in [-0.3, -0.25) is 4.79 Å². The van der Waals surface area contributed by atoms with Crippen LogP contribution in [-0.2, 0) is 13.1 Å². The van der Waals surface area contributed by atoms with Gasteiger partial charge >= 0.3 is 0 Å². The predicted molar refractivity (Wildman–Crippen MR) is 125 cm³/mol. The lowest BCUT2D eigenvalue weighted by molar-refractivity contribution is -0.701. The predicted octanol–water partition coefficient (Wildman–Crippen LogP) is 2.46. The Balaban J connectivity index is 0.00000512. The highest BCUT2D eigenvalue weighted by atomic mass is 127. The summed E-state index contributed by atoms with van der Waals surface area (Å²) in [6.07, 6.45) is 12.2. The van der Waals surface area contributed by atoms with Crippen LogP contribution in [0.2, 0.25) is 0 Å². The van der Waals surface area contributed by atoms with E-state index in [1.54, 1.807) is 19.2 Å². The highest BCUT2D eigenvalue weighted by molar-refractivity contribution is 5.97. The molecule has 0 spiro atoms. The molecule has 0 fully saturated rings. The van der Waals surface area contributed by atoms with Crippen molar-refractivity contribution in [3.05, 3.63) is 53.9 Å². The van der Waals surface area contributed by atoms with Gasteiger partial charge in [0.05, 0.1) is 19.3 Å². The first-order chi connectivity index (χ1) is 15.2. The zero-order chi connectivity index (χ0) is 22.3. The van der Waals surface area contributed by atoms with Crippen molar-refractivity contribution in [3.8, 4) is 11.5 Å². The monoisotopic (exact) mass is 554 g/mol. The molecule has 0 radical (unpaired) electrons. The van der Waals surface area contributed by atoms with Crippen molar-refractivity contribution in [1.29, 1.82) is 0 Å². The Morgan fingerprint density at radius 1 is 0.969 bits per heavy atom. The van der Waals surface area contributed by atoms with Gasteiger partial charge in [-0.2, -0.15) is 0 Å². The number of unbranched alkanes of at least 4 members (excludes halogenated alkanes) is 7. The van der Waals surface area contributed by atoms with Crippen LogP contribution in [0.3, 0.4) is 0 Å². The van der Waals surface area contributed by atoms with Crippen LogP contribution in [0.25, 0.3) is 0 Å². The number of amides is 1. The fourth-order valence-corrected chi connectivity index (χ4v) is 3.62. The standard InChI is InChI=1S/C26H38N2O3.HI/c1-4-6-7-8-9-10-11-14-19-31-23-16-17-24(25(20-23)30-3)26(29)27-21-22-15-12-13-18-28(22)5-2;/h12-13,15-18,20H,4-11,14,19,21H2,1-3H3;1H. The molecule has 0 aliphatic heterocycles. The van der Waals surface area contributed by atoms with Crippen molar-refractivity contribution in [3.63, 3.8) is 0 Å². The molecule has 6 heteroatoms. The third kappa shape index (κ3) is 9.76. The van der Waals surface area contributed by atoms with Crippen molar-refractivity contribution in [2.45, 2.75) is 78.3 Å². The maximum Gasteiger partial charge on any atom is 0.255 e. The van der Waals surface area contributed by atoms with Crippen molar-refractivity contribution in [1.82, 2.24) is 5.32 Å². The highest BCUT2D eigenvalue weighted by Crippen LogP contribution is 2.25. The lowest BCUT2D eigenvalue weighted by atomic mass is 10.1. The van der Waals surface area contributed by atoms with Gasteiger partial charge in [-0.05, 0) is 25.5 Å². The Morgan fingerprint density at radius 3 is 2.38 bits per heavy atom. The first kappa shape index (κ1) is 28.2. The van der Waals surface area contributed by atoms with Gasteiger partial charge in [-0.15, -0.1) is 0 Å². The molecule has 0 atom stereocenters. The van der Waals surface area contributed by atoms with E-state index in [-0.39, 0.29) is 29.9 Å². The fourth-order valence-electron chi connectivity index (χ4n) is 3.62. The summed E-state index contributed by atoms with van der Waals surface area (Å²) in [5.41, 5.74) is 1.57. The largest absolute Gasteiger partial charge is 1.00 e. The summed E-state index contributed by atoms with van der Waals surface area (Å²) < 4.78 is 13.4. The van der Waals surface area contributed by atoms with Crippen LogP contribution in [0.4, 0.5) is 0 Å². The molecule has 1 N–H and O–H groups in total. The molecule has 0 saturated heterocycles. The SMILES string of the molecule is CCCCCCCCCCOc1ccc(C(=O)NCc2cccc[n+]2CC)c(OC)c1.[I-]. The van der Waals surface area contributed by atoms with Gasteiger partial charge in [-0.1, -0.05) is 57.9 Å². The van der Waals surface area contributed by atoms with E-state index in [9.17, 15) is 4.79 Å². The molecular formula is C26H39IN2O3. The summed E-state index contributed by atoms with van der Waals surface area (Å²) in [6, 6.07) is 11.4. The summed E-state index contributed by atoms with van der Waals surface area (Å²) in [6.45, 7) is 6.35. The van der Waals surface area contributed by atoms with Gasteiger partial charge in [0.25, 0.3) is 5.91 Å². The van der Waals surface area contributed by atoms with Gasteiger partial charge < -0.3 is 38.8 Å². The second kappa shape index (κ2) is 16.8. The smallest absolute Gasteiger partial charge is 0.255 e. The molecule has 2 aromatic rings. The van der Waals surface area contributed by atoms with Crippen molar-refractivity contribution < 1.29 is 42.8 Å². The van der Waals surface area contributed by atoms with E-state index in [1.165, 1.54) is 44.9 Å². The maximum atomic E-state index is 12.7. The molecule has 0 bridgehead atoms. The molecule has 1 heterocycles. The summed E-state index contributed by atoms with van der Waals surface area (Å²) in [7, 11) is 1.58. The number of hydrogen-bond donors (Lipinski definition) is 1. The molecule has 2 rings (SSSR count). The summed E-state index contributed by atoms with van der Waals surface area (Å²) in [4.78, 5) is 12.7. The number of aromatic nitrogens is 1. The molecule has 32 heavy (non-hydrogen) atoms. The number of ether oxygens (including phenoxy) is 2. The molecule has 5 nitrogen and oxygen atoms in total. The molecule has 1 amide bonds. The van der Waals surface area contributed by atoms with Crippen LogP contribution < -0.4 is 43.3 Å². The zero-order valence-electron chi connectivity index (χ0n) is 19.9. The van der Waals surface area contributed by atoms with Crippen molar-refractivity contribution in [2.24, 2.45) is 0 Å². The number of nitrogens with one attached hydrogen (secondary N) is 1. The minimum absolute atomic E-state index is 0. The van der Waals surface area contributed by atoms with Crippen LogP contribution in [-0.4, -0.2) is 19.6 Å². The molecule has 0 aliphatic carbocycles. The van der Waals surface area contributed by atoms with E-state index in [0.29, 0.717) is 24.5 Å². The number of nitrogens with zero attached hydrogens (tertiary/aromatic N) is 1. The first-order valence-electron chi connectivity index (χ1n) is 11.8. The van der Waals surface area contributed by atoms with E-state index in [2.05, 4.69) is 23.7 Å². The number of halogens is 1. The van der Waals surface area contributed by atoms with Crippen LogP contribution in [0, 0.1) is 0 Å². The van der Waals surface area contributed by atoms with Gasteiger partial charge in [0.15, 0.2) is 6.20 Å². The Kier molecular flexibility index (Phi) is 14.8. The summed E-state index contributed by atoms with van der Waals surface area (Å²) in [5, 5.41) is 2.99. The second-order valence-electron chi connectivity index (χ2n) is 7.85. The minimum Gasteiger partial charge on any atom is -1.00 e. The molecule has 0 saturated carbocycles. The molecule has 0 aliphatic rings. The Hall–Kier alpha value is -1.83. The van der Waals surface area contributed by atoms with Gasteiger partial charge in [-0.25, -0.2) is 4.57 Å². The fraction of sp³-hybridized carbons (Fsp3) is 0.538. The van der Waals surface area contributed by atoms with Crippen LogP contribution >= 0.6 is 0 Å². The Morgan fingerprint density at radius 2 is 1.69 bits per heavy atom. The summed E-state index contributed by atoms with van der Waals surface area (Å²) in [5.74, 6) is 1.11. The highest BCUT2D eigenvalue weighted by Gasteiger charge is 2.15. The van der Waals surface area contributed by atoms with E-state index >= 15 is 0 Å². The van der Waals surface area contributed by atoms with Crippen LogP contribution in [0.1, 0.15) is 81.3 Å². The quantitative estimate of drug-likeness (QED) is 0.209. The molecule has 1 aromatic heterocycles. The third-order valence-electron chi connectivity index (χ3n) is 5.49. The average molecular weight is 555 g/mol.